The molecule has 3 rings (SSSR count). The Morgan fingerprint density at radius 1 is 0.964 bits per heavy atom. The molecule has 7 heteroatoms. The smallest absolute Gasteiger partial charge is 0.337 e. The topological polar surface area (TPSA) is 80.2 Å². The minimum absolute atomic E-state index is 0.0368. The summed E-state index contributed by atoms with van der Waals surface area (Å²) >= 11 is 0. The first-order valence-corrected chi connectivity index (χ1v) is 9.23. The van der Waals surface area contributed by atoms with Crippen LogP contribution in [0.5, 0.6) is 0 Å². The Morgan fingerprint density at radius 2 is 1.61 bits per heavy atom. The quantitative estimate of drug-likeness (QED) is 0.736. The molecule has 0 aromatic heterocycles. The zero-order valence-electron chi connectivity index (χ0n) is 15.8. The Morgan fingerprint density at radius 3 is 2.21 bits per heavy atom. The molecule has 1 heterocycles. The molecule has 0 atom stereocenters. The van der Waals surface area contributed by atoms with E-state index in [9.17, 15) is 14.4 Å². The summed E-state index contributed by atoms with van der Waals surface area (Å²) in [4.78, 5) is 39.2. The molecule has 0 radical (unpaired) electrons. The summed E-state index contributed by atoms with van der Waals surface area (Å²) in [6.07, 6.45) is 0. The molecule has 0 aliphatic carbocycles. The van der Waals surface area contributed by atoms with Crippen LogP contribution in [0.2, 0.25) is 0 Å². The van der Waals surface area contributed by atoms with Crippen molar-refractivity contribution in [2.45, 2.75) is 0 Å². The first-order valence-electron chi connectivity index (χ1n) is 9.23. The maximum Gasteiger partial charge on any atom is 0.337 e. The number of carbonyl (C=O) groups excluding carboxylic acids is 3. The van der Waals surface area contributed by atoms with Crippen molar-refractivity contribution >= 4 is 23.5 Å². The molecule has 2 aromatic rings. The molecule has 2 amide bonds. The van der Waals surface area contributed by atoms with Crippen LogP contribution >= 0.6 is 0 Å². The summed E-state index contributed by atoms with van der Waals surface area (Å²) in [5, 5.41) is 2.84. The molecule has 0 saturated carbocycles. The van der Waals surface area contributed by atoms with Crippen molar-refractivity contribution in [1.82, 2.24) is 4.90 Å². The fourth-order valence-corrected chi connectivity index (χ4v) is 3.21. The standard InChI is InChI=1S/C21H23N3O4/c1-28-21(27)17-7-9-18(10-8-17)22-19(25)15-23-11-13-24(14-12-23)20(26)16-5-3-2-4-6-16/h2-10H,11-15H2,1H3,(H,22,25)/p+1. The lowest BCUT2D eigenvalue weighted by atomic mass is 10.2. The van der Waals surface area contributed by atoms with Gasteiger partial charge in [-0.2, -0.15) is 0 Å². The largest absolute Gasteiger partial charge is 0.465 e. The summed E-state index contributed by atoms with van der Waals surface area (Å²) in [7, 11) is 1.33. The van der Waals surface area contributed by atoms with E-state index in [4.69, 9.17) is 0 Å². The third-order valence-corrected chi connectivity index (χ3v) is 4.78. The van der Waals surface area contributed by atoms with Gasteiger partial charge in [-0.1, -0.05) is 18.2 Å². The van der Waals surface area contributed by atoms with E-state index in [1.54, 1.807) is 24.3 Å². The first kappa shape index (κ1) is 19.6. The maximum absolute atomic E-state index is 12.5. The second-order valence-electron chi connectivity index (χ2n) is 6.70. The highest BCUT2D eigenvalue weighted by Crippen LogP contribution is 2.10. The van der Waals surface area contributed by atoms with Gasteiger partial charge in [0.05, 0.1) is 38.9 Å². The van der Waals surface area contributed by atoms with Gasteiger partial charge in [-0.15, -0.1) is 0 Å². The van der Waals surface area contributed by atoms with Gasteiger partial charge in [-0.05, 0) is 36.4 Å². The van der Waals surface area contributed by atoms with Crippen LogP contribution in [0.25, 0.3) is 0 Å². The summed E-state index contributed by atoms with van der Waals surface area (Å²) in [6.45, 7) is 3.06. The van der Waals surface area contributed by atoms with Gasteiger partial charge >= 0.3 is 5.97 Å². The number of piperazine rings is 1. The van der Waals surface area contributed by atoms with Gasteiger partial charge < -0.3 is 19.9 Å². The van der Waals surface area contributed by atoms with Crippen molar-refractivity contribution in [1.29, 1.82) is 0 Å². The molecule has 28 heavy (non-hydrogen) atoms. The van der Waals surface area contributed by atoms with Gasteiger partial charge in [0.1, 0.15) is 0 Å². The van der Waals surface area contributed by atoms with Crippen LogP contribution in [-0.4, -0.2) is 62.5 Å². The van der Waals surface area contributed by atoms with E-state index in [2.05, 4.69) is 10.1 Å². The minimum atomic E-state index is -0.412. The number of nitrogens with one attached hydrogen (secondary N) is 2. The second kappa shape index (κ2) is 9.14. The number of rotatable bonds is 5. The number of anilines is 1. The number of benzene rings is 2. The van der Waals surface area contributed by atoms with Crippen molar-refractivity contribution in [3.63, 3.8) is 0 Å². The minimum Gasteiger partial charge on any atom is -0.465 e. The summed E-state index contributed by atoms with van der Waals surface area (Å²) in [5.41, 5.74) is 1.76. The van der Waals surface area contributed by atoms with Gasteiger partial charge in [0.15, 0.2) is 6.54 Å². The average molecular weight is 382 g/mol. The van der Waals surface area contributed by atoms with E-state index in [1.807, 2.05) is 35.2 Å². The number of hydrogen-bond acceptors (Lipinski definition) is 4. The Balaban J connectivity index is 1.46. The van der Waals surface area contributed by atoms with E-state index in [0.717, 1.165) is 18.0 Å². The molecule has 2 aromatic carbocycles. The molecule has 7 nitrogen and oxygen atoms in total. The van der Waals surface area contributed by atoms with Gasteiger partial charge in [-0.3, -0.25) is 9.59 Å². The lowest BCUT2D eigenvalue weighted by molar-refractivity contribution is -0.895. The van der Waals surface area contributed by atoms with E-state index in [1.165, 1.54) is 7.11 Å². The zero-order valence-corrected chi connectivity index (χ0v) is 15.8. The maximum atomic E-state index is 12.5. The molecule has 146 valence electrons. The van der Waals surface area contributed by atoms with Crippen LogP contribution in [0.1, 0.15) is 20.7 Å². The van der Waals surface area contributed by atoms with Crippen LogP contribution in [-0.2, 0) is 9.53 Å². The van der Waals surface area contributed by atoms with Crippen LogP contribution in [0.3, 0.4) is 0 Å². The molecule has 0 bridgehead atoms. The number of esters is 1. The molecule has 0 spiro atoms. The SMILES string of the molecule is COC(=O)c1ccc(NC(=O)C[NH+]2CCN(C(=O)c3ccccc3)CC2)cc1. The van der Waals surface area contributed by atoms with Crippen LogP contribution in [0, 0.1) is 0 Å². The van der Waals surface area contributed by atoms with E-state index >= 15 is 0 Å². The third-order valence-electron chi connectivity index (χ3n) is 4.78. The van der Waals surface area contributed by atoms with Crippen molar-refractivity contribution < 1.29 is 24.0 Å². The lowest BCUT2D eigenvalue weighted by Gasteiger charge is -2.32. The van der Waals surface area contributed by atoms with Gasteiger partial charge in [0, 0.05) is 11.3 Å². The fraction of sp³-hybridized carbons (Fsp3) is 0.286. The molecular formula is C21H24N3O4+. The van der Waals surface area contributed by atoms with Crippen LogP contribution in [0.15, 0.2) is 54.6 Å². The van der Waals surface area contributed by atoms with Crippen LogP contribution < -0.4 is 10.2 Å². The molecule has 1 fully saturated rings. The highest BCUT2D eigenvalue weighted by Gasteiger charge is 2.25. The predicted molar refractivity (Wildman–Crippen MR) is 104 cm³/mol. The molecular weight excluding hydrogens is 358 g/mol. The Labute approximate surface area is 163 Å². The lowest BCUT2D eigenvalue weighted by Crippen LogP contribution is -3.15. The first-order chi connectivity index (χ1) is 13.6. The monoisotopic (exact) mass is 382 g/mol. The molecule has 2 N–H and O–H groups in total. The van der Waals surface area contributed by atoms with Crippen molar-refractivity contribution in [3.8, 4) is 0 Å². The highest BCUT2D eigenvalue weighted by molar-refractivity contribution is 5.94. The molecule has 1 aliphatic heterocycles. The Kier molecular flexibility index (Phi) is 6.39. The van der Waals surface area contributed by atoms with E-state index in [0.29, 0.717) is 36.4 Å². The molecule has 0 unspecified atom stereocenters. The summed E-state index contributed by atoms with van der Waals surface area (Å²) in [6, 6.07) is 15.8. The Hall–Kier alpha value is -3.19. The fourth-order valence-electron chi connectivity index (χ4n) is 3.21. The van der Waals surface area contributed by atoms with Crippen molar-refractivity contribution in [3.05, 3.63) is 65.7 Å². The normalized spacial score (nSPS) is 14.4. The van der Waals surface area contributed by atoms with E-state index < -0.39 is 5.97 Å². The van der Waals surface area contributed by atoms with Gasteiger partial charge in [0.2, 0.25) is 0 Å². The zero-order chi connectivity index (χ0) is 19.9. The molecule has 1 aliphatic rings. The predicted octanol–water partition coefficient (Wildman–Crippen LogP) is 0.453. The molecule has 1 saturated heterocycles. The average Bonchev–Trinajstić information content (AvgIpc) is 2.74. The Bertz CT molecular complexity index is 828. The summed E-state index contributed by atoms with van der Waals surface area (Å²) in [5.74, 6) is -0.469. The number of hydrogen-bond donors (Lipinski definition) is 2. The van der Waals surface area contributed by atoms with E-state index in [-0.39, 0.29) is 11.8 Å². The summed E-state index contributed by atoms with van der Waals surface area (Å²) < 4.78 is 4.65. The number of nitrogens with zero attached hydrogens (tertiary/aromatic N) is 1. The van der Waals surface area contributed by atoms with Crippen molar-refractivity contribution in [2.75, 3.05) is 45.2 Å². The van der Waals surface area contributed by atoms with Gasteiger partial charge in [-0.25, -0.2) is 4.79 Å². The third kappa shape index (κ3) is 4.95. The van der Waals surface area contributed by atoms with Crippen LogP contribution in [0.4, 0.5) is 5.69 Å². The number of ether oxygens (including phenoxy) is 1. The number of quaternary nitrogens is 1. The van der Waals surface area contributed by atoms with Crippen molar-refractivity contribution in [2.24, 2.45) is 0 Å². The highest BCUT2D eigenvalue weighted by atomic mass is 16.5. The second-order valence-corrected chi connectivity index (χ2v) is 6.70. The van der Waals surface area contributed by atoms with Gasteiger partial charge in [0.25, 0.3) is 11.8 Å². The number of amides is 2. The number of methoxy groups -OCH3 is 1. The number of carbonyl (C=O) groups is 3.